The molecule has 1 rings (SSSR count). The van der Waals surface area contributed by atoms with Gasteiger partial charge in [0.25, 0.3) is 5.92 Å². The first kappa shape index (κ1) is 36.6. The van der Waals surface area contributed by atoms with Gasteiger partial charge in [-0.25, -0.2) is 13.6 Å². The first-order chi connectivity index (χ1) is 19.2. The largest absolute Gasteiger partial charge is 0.461 e. The van der Waals surface area contributed by atoms with E-state index in [1.54, 1.807) is 0 Å². The Kier molecular flexibility index (Phi) is 18.7. The number of carbonyl (C=O) groups excluding carboxylic acids is 1. The second-order valence-electron chi connectivity index (χ2n) is 10.1. The van der Waals surface area contributed by atoms with Crippen molar-refractivity contribution in [3.63, 3.8) is 0 Å². The fourth-order valence-corrected chi connectivity index (χ4v) is 4.36. The molecule has 1 aliphatic heterocycles. The monoisotopic (exact) mass is 583 g/mol. The van der Waals surface area contributed by atoms with Crippen molar-refractivity contribution in [2.24, 2.45) is 0 Å². The first-order valence-corrected chi connectivity index (χ1v) is 14.9. The number of halogens is 2. The lowest BCUT2D eigenvalue weighted by molar-refractivity contribution is -0.517. The molecular weight excluding hydrogens is 532 g/mol. The van der Waals surface area contributed by atoms with Gasteiger partial charge in [-0.2, -0.15) is 0 Å². The Bertz CT molecular complexity index is 701. The minimum absolute atomic E-state index is 0.0186. The van der Waals surface area contributed by atoms with Crippen LogP contribution in [0, 0.1) is 10.1 Å². The molecule has 0 aromatic heterocycles. The molecule has 0 aromatic rings. The third-order valence-electron chi connectivity index (χ3n) is 6.68. The SMILES string of the molecule is CCCCOC[C@H]1O[C@@H](C(F)(F)CC(C(=O)OCC)[N+](=O)[O-])[C@H](OCCCC)[C@@H](OCCCC)[C@H]1OCCCC. The van der Waals surface area contributed by atoms with Crippen LogP contribution in [0.5, 0.6) is 0 Å². The minimum Gasteiger partial charge on any atom is -0.461 e. The van der Waals surface area contributed by atoms with E-state index < -0.39 is 59.8 Å². The maximum Gasteiger partial charge on any atom is 0.381 e. The zero-order chi connectivity index (χ0) is 30.0. The van der Waals surface area contributed by atoms with Crippen molar-refractivity contribution in [2.75, 3.05) is 39.6 Å². The maximum absolute atomic E-state index is 16.0. The Morgan fingerprint density at radius 2 is 1.35 bits per heavy atom. The quantitative estimate of drug-likeness (QED) is 0.0678. The van der Waals surface area contributed by atoms with Crippen LogP contribution < -0.4 is 0 Å². The number of unbranched alkanes of at least 4 members (excludes halogenated alkanes) is 4. The number of rotatable bonds is 23. The van der Waals surface area contributed by atoms with Crippen molar-refractivity contribution in [3.8, 4) is 0 Å². The zero-order valence-corrected chi connectivity index (χ0v) is 24.9. The van der Waals surface area contributed by atoms with Crippen LogP contribution >= 0.6 is 0 Å². The molecule has 0 bridgehead atoms. The van der Waals surface area contributed by atoms with E-state index in [0.29, 0.717) is 32.7 Å². The van der Waals surface area contributed by atoms with Crippen LogP contribution in [0.25, 0.3) is 0 Å². The standard InChI is InChI=1S/C28H51F2NO9/c1-6-11-15-35-20-22-23(37-16-12-7-2)24(38-17-13-8-3)25(39-18-14-9-4)26(40-22)28(29,30)19-21(31(33)34)27(32)36-10-5/h21-26H,6-20H2,1-5H3/t21?,22-,23+,24+,25-,26-/m1/s1. The molecule has 0 radical (unpaired) electrons. The summed E-state index contributed by atoms with van der Waals surface area (Å²) in [5.74, 6) is -5.15. The lowest BCUT2D eigenvalue weighted by atomic mass is 9.88. The van der Waals surface area contributed by atoms with Gasteiger partial charge in [0.15, 0.2) is 6.10 Å². The van der Waals surface area contributed by atoms with Gasteiger partial charge in [-0.05, 0) is 32.6 Å². The van der Waals surface area contributed by atoms with Crippen LogP contribution in [0.2, 0.25) is 0 Å². The van der Waals surface area contributed by atoms with Crippen LogP contribution in [0.4, 0.5) is 8.78 Å². The average molecular weight is 584 g/mol. The van der Waals surface area contributed by atoms with Gasteiger partial charge in [0.05, 0.1) is 19.6 Å². The molecule has 0 aliphatic carbocycles. The molecular formula is C28H51F2NO9. The van der Waals surface area contributed by atoms with Gasteiger partial charge < -0.3 is 28.4 Å². The van der Waals surface area contributed by atoms with E-state index in [9.17, 15) is 14.9 Å². The number of esters is 1. The molecule has 0 amide bonds. The average Bonchev–Trinajstić information content (AvgIpc) is 2.91. The lowest BCUT2D eigenvalue weighted by Gasteiger charge is -2.48. The number of nitrogens with zero attached hydrogens (tertiary/aromatic N) is 1. The first-order valence-electron chi connectivity index (χ1n) is 14.9. The van der Waals surface area contributed by atoms with Gasteiger partial charge in [-0.15, -0.1) is 0 Å². The molecule has 10 nitrogen and oxygen atoms in total. The van der Waals surface area contributed by atoms with Crippen molar-refractivity contribution < 1.29 is 46.9 Å². The second kappa shape index (κ2) is 20.4. The van der Waals surface area contributed by atoms with Gasteiger partial charge in [-0.3, -0.25) is 10.1 Å². The Morgan fingerprint density at radius 1 is 0.850 bits per heavy atom. The highest BCUT2D eigenvalue weighted by Gasteiger charge is 2.59. The fraction of sp³-hybridized carbons (Fsp3) is 0.964. The number of hydrogen-bond acceptors (Lipinski definition) is 9. The summed E-state index contributed by atoms with van der Waals surface area (Å²) in [7, 11) is 0. The van der Waals surface area contributed by atoms with Crippen molar-refractivity contribution in [3.05, 3.63) is 10.1 Å². The molecule has 0 aromatic carbocycles. The van der Waals surface area contributed by atoms with Crippen LogP contribution in [0.3, 0.4) is 0 Å². The van der Waals surface area contributed by atoms with Crippen LogP contribution in [-0.4, -0.2) is 93.0 Å². The topological polar surface area (TPSA) is 116 Å². The van der Waals surface area contributed by atoms with Gasteiger partial charge in [0.1, 0.15) is 24.4 Å². The Morgan fingerprint density at radius 3 is 1.85 bits per heavy atom. The van der Waals surface area contributed by atoms with Gasteiger partial charge >= 0.3 is 12.0 Å². The second-order valence-corrected chi connectivity index (χ2v) is 10.1. The van der Waals surface area contributed by atoms with E-state index in [4.69, 9.17) is 28.4 Å². The molecule has 6 atom stereocenters. The van der Waals surface area contributed by atoms with E-state index >= 15 is 8.78 Å². The highest BCUT2D eigenvalue weighted by Crippen LogP contribution is 2.39. The van der Waals surface area contributed by atoms with Crippen LogP contribution in [0.1, 0.15) is 92.4 Å². The number of nitro groups is 1. The normalized spacial score (nSPS) is 24.1. The summed E-state index contributed by atoms with van der Waals surface area (Å²) in [5.41, 5.74) is 0. The highest BCUT2D eigenvalue weighted by molar-refractivity contribution is 5.74. The Labute approximate surface area is 237 Å². The third-order valence-corrected chi connectivity index (χ3v) is 6.68. The zero-order valence-electron chi connectivity index (χ0n) is 24.9. The molecule has 0 saturated carbocycles. The number of hydrogen-bond donors (Lipinski definition) is 0. The van der Waals surface area contributed by atoms with Crippen LogP contribution in [0.15, 0.2) is 0 Å². The molecule has 40 heavy (non-hydrogen) atoms. The smallest absolute Gasteiger partial charge is 0.381 e. The molecule has 236 valence electrons. The molecule has 1 aliphatic rings. The van der Waals surface area contributed by atoms with Gasteiger partial charge in [0.2, 0.25) is 0 Å². The summed E-state index contributed by atoms with van der Waals surface area (Å²) >= 11 is 0. The lowest BCUT2D eigenvalue weighted by Crippen LogP contribution is -2.66. The number of carbonyl (C=O) groups is 1. The van der Waals surface area contributed by atoms with E-state index in [0.717, 1.165) is 38.5 Å². The van der Waals surface area contributed by atoms with Crippen LogP contribution in [-0.2, 0) is 33.2 Å². The predicted octanol–water partition coefficient (Wildman–Crippen LogP) is 5.36. The molecule has 0 spiro atoms. The number of alkyl halides is 2. The summed E-state index contributed by atoms with van der Waals surface area (Å²) in [4.78, 5) is 22.8. The van der Waals surface area contributed by atoms with E-state index in [2.05, 4.69) is 0 Å². The van der Waals surface area contributed by atoms with Gasteiger partial charge in [-0.1, -0.05) is 53.4 Å². The van der Waals surface area contributed by atoms with E-state index in [-0.39, 0.29) is 19.8 Å². The van der Waals surface area contributed by atoms with E-state index in [1.165, 1.54) is 6.92 Å². The molecule has 12 heteroatoms. The van der Waals surface area contributed by atoms with Crippen molar-refractivity contribution in [1.29, 1.82) is 0 Å². The molecule has 1 fully saturated rings. The molecule has 1 unspecified atom stereocenters. The summed E-state index contributed by atoms with van der Waals surface area (Å²) in [5, 5.41) is 11.6. The Balaban J connectivity index is 3.46. The summed E-state index contributed by atoms with van der Waals surface area (Å²) in [6.07, 6.45) is -0.994. The third kappa shape index (κ3) is 12.2. The number of ether oxygens (including phenoxy) is 6. The van der Waals surface area contributed by atoms with Gasteiger partial charge in [0, 0.05) is 31.4 Å². The molecule has 1 heterocycles. The van der Waals surface area contributed by atoms with E-state index in [1.807, 2.05) is 27.7 Å². The molecule has 0 N–H and O–H groups in total. The van der Waals surface area contributed by atoms with Crippen molar-refractivity contribution in [2.45, 2.75) is 135 Å². The highest BCUT2D eigenvalue weighted by atomic mass is 19.3. The summed E-state index contributed by atoms with van der Waals surface area (Å²) in [6.45, 7) is 10.5. The summed E-state index contributed by atoms with van der Waals surface area (Å²) in [6, 6.07) is -2.26. The van der Waals surface area contributed by atoms with Crippen molar-refractivity contribution in [1.82, 2.24) is 0 Å². The van der Waals surface area contributed by atoms with Crippen molar-refractivity contribution >= 4 is 5.97 Å². The summed E-state index contributed by atoms with van der Waals surface area (Å²) < 4.78 is 66.9. The Hall–Kier alpha value is -1.47. The minimum atomic E-state index is -3.83. The maximum atomic E-state index is 16.0. The predicted molar refractivity (Wildman–Crippen MR) is 145 cm³/mol. The fourth-order valence-electron chi connectivity index (χ4n) is 4.36. The molecule has 1 saturated heterocycles.